The fraction of sp³-hybridized carbons (Fsp3) is 0.300. The molecular formula is C10H10BrNO. The van der Waals surface area contributed by atoms with E-state index in [1.807, 2.05) is 6.92 Å². The van der Waals surface area contributed by atoms with Gasteiger partial charge in [-0.3, -0.25) is 4.98 Å². The molecule has 3 heteroatoms. The average Bonchev–Trinajstić information content (AvgIpc) is 2.16. The summed E-state index contributed by atoms with van der Waals surface area (Å²) in [4.78, 5) is 3.99. The molecule has 0 radical (unpaired) electrons. The Labute approximate surface area is 86.5 Å². The number of pyridine rings is 1. The number of aromatic nitrogens is 1. The maximum atomic E-state index is 5.35. The van der Waals surface area contributed by atoms with Gasteiger partial charge in [-0.25, -0.2) is 0 Å². The zero-order valence-electron chi connectivity index (χ0n) is 7.54. The molecule has 0 saturated heterocycles. The van der Waals surface area contributed by atoms with Gasteiger partial charge in [-0.15, -0.1) is 6.42 Å². The molecule has 0 spiro atoms. The molecule has 1 unspecified atom stereocenters. The Morgan fingerprint density at radius 1 is 1.62 bits per heavy atom. The zero-order valence-corrected chi connectivity index (χ0v) is 9.13. The van der Waals surface area contributed by atoms with Crippen molar-refractivity contribution in [3.8, 4) is 18.1 Å². The molecule has 0 aliphatic heterocycles. The molecule has 0 saturated carbocycles. The fourth-order valence-electron chi connectivity index (χ4n) is 1.09. The van der Waals surface area contributed by atoms with Crippen molar-refractivity contribution in [1.82, 2.24) is 4.98 Å². The van der Waals surface area contributed by atoms with Crippen molar-refractivity contribution in [2.75, 3.05) is 7.11 Å². The van der Waals surface area contributed by atoms with Crippen LogP contribution in [-0.4, -0.2) is 12.1 Å². The first-order chi connectivity index (χ1) is 6.20. The van der Waals surface area contributed by atoms with Crippen LogP contribution in [0.4, 0.5) is 0 Å². The number of halogens is 1. The minimum Gasteiger partial charge on any atom is -0.495 e. The quantitative estimate of drug-likeness (QED) is 0.741. The SMILES string of the molecule is C#CC(C)c1c(Br)cncc1OC. The lowest BCUT2D eigenvalue weighted by atomic mass is 10.0. The van der Waals surface area contributed by atoms with Crippen LogP contribution >= 0.6 is 15.9 Å². The summed E-state index contributed by atoms with van der Waals surface area (Å²) in [7, 11) is 1.61. The van der Waals surface area contributed by atoms with Crippen molar-refractivity contribution in [1.29, 1.82) is 0 Å². The van der Waals surface area contributed by atoms with Crippen molar-refractivity contribution < 1.29 is 4.74 Å². The molecule has 1 atom stereocenters. The lowest BCUT2D eigenvalue weighted by Crippen LogP contribution is -1.97. The van der Waals surface area contributed by atoms with Gasteiger partial charge < -0.3 is 4.74 Å². The van der Waals surface area contributed by atoms with Gasteiger partial charge in [0.25, 0.3) is 0 Å². The summed E-state index contributed by atoms with van der Waals surface area (Å²) in [5.41, 5.74) is 0.972. The Morgan fingerprint density at radius 3 is 2.85 bits per heavy atom. The summed E-state index contributed by atoms with van der Waals surface area (Å²) >= 11 is 3.39. The zero-order chi connectivity index (χ0) is 9.84. The van der Waals surface area contributed by atoms with E-state index in [4.69, 9.17) is 11.2 Å². The number of hydrogen-bond acceptors (Lipinski definition) is 2. The molecule has 0 fully saturated rings. The van der Waals surface area contributed by atoms with Gasteiger partial charge in [-0.2, -0.15) is 0 Å². The van der Waals surface area contributed by atoms with Crippen LogP contribution in [0.2, 0.25) is 0 Å². The number of methoxy groups -OCH3 is 1. The maximum Gasteiger partial charge on any atom is 0.142 e. The van der Waals surface area contributed by atoms with Crippen LogP contribution < -0.4 is 4.74 Å². The second kappa shape index (κ2) is 4.29. The van der Waals surface area contributed by atoms with Gasteiger partial charge >= 0.3 is 0 Å². The molecule has 1 rings (SSSR count). The number of ether oxygens (including phenoxy) is 1. The average molecular weight is 240 g/mol. The number of hydrogen-bond donors (Lipinski definition) is 0. The topological polar surface area (TPSA) is 22.1 Å². The summed E-state index contributed by atoms with van der Waals surface area (Å²) in [6.07, 6.45) is 8.72. The van der Waals surface area contributed by atoms with E-state index < -0.39 is 0 Å². The molecule has 2 nitrogen and oxygen atoms in total. The first-order valence-corrected chi connectivity index (χ1v) is 4.63. The molecule has 1 heterocycles. The Morgan fingerprint density at radius 2 is 2.31 bits per heavy atom. The Bertz CT molecular complexity index is 343. The van der Waals surface area contributed by atoms with Crippen molar-refractivity contribution in [3.63, 3.8) is 0 Å². The minimum atomic E-state index is 0.0207. The van der Waals surface area contributed by atoms with E-state index in [9.17, 15) is 0 Å². The third kappa shape index (κ3) is 2.02. The molecule has 0 N–H and O–H groups in total. The van der Waals surface area contributed by atoms with Crippen LogP contribution in [0.3, 0.4) is 0 Å². The predicted octanol–water partition coefficient (Wildman–Crippen LogP) is 2.59. The minimum absolute atomic E-state index is 0.0207. The number of nitrogens with zero attached hydrogens (tertiary/aromatic N) is 1. The second-order valence-electron chi connectivity index (χ2n) is 2.63. The Kier molecular flexibility index (Phi) is 3.32. The van der Waals surface area contributed by atoms with Crippen LogP contribution in [0, 0.1) is 12.3 Å². The van der Waals surface area contributed by atoms with Crippen LogP contribution in [0.15, 0.2) is 16.9 Å². The van der Waals surface area contributed by atoms with Gasteiger partial charge in [-0.05, 0) is 22.9 Å². The van der Waals surface area contributed by atoms with Crippen molar-refractivity contribution in [2.24, 2.45) is 0 Å². The van der Waals surface area contributed by atoms with Gasteiger partial charge in [0.05, 0.1) is 13.3 Å². The lowest BCUT2D eigenvalue weighted by Gasteiger charge is -2.11. The van der Waals surface area contributed by atoms with Crippen LogP contribution in [-0.2, 0) is 0 Å². The summed E-state index contributed by atoms with van der Waals surface area (Å²) in [6.45, 7) is 1.95. The second-order valence-corrected chi connectivity index (χ2v) is 3.48. The maximum absolute atomic E-state index is 5.35. The van der Waals surface area contributed by atoms with Gasteiger partial charge in [0.2, 0.25) is 0 Å². The lowest BCUT2D eigenvalue weighted by molar-refractivity contribution is 0.406. The smallest absolute Gasteiger partial charge is 0.142 e. The van der Waals surface area contributed by atoms with E-state index in [1.54, 1.807) is 19.5 Å². The van der Waals surface area contributed by atoms with Crippen LogP contribution in [0.1, 0.15) is 18.4 Å². The molecule has 0 aromatic carbocycles. The highest BCUT2D eigenvalue weighted by Crippen LogP contribution is 2.31. The van der Waals surface area contributed by atoms with Gasteiger partial charge in [0.1, 0.15) is 5.75 Å². The first kappa shape index (κ1) is 10.1. The third-order valence-corrected chi connectivity index (χ3v) is 2.44. The van der Waals surface area contributed by atoms with E-state index in [1.165, 1.54) is 0 Å². The molecule has 68 valence electrons. The molecular weight excluding hydrogens is 230 g/mol. The summed E-state index contributed by atoms with van der Waals surface area (Å²) in [5.74, 6) is 3.40. The number of rotatable bonds is 2. The Balaban J connectivity index is 3.24. The van der Waals surface area contributed by atoms with E-state index in [0.717, 1.165) is 15.8 Å². The van der Waals surface area contributed by atoms with E-state index >= 15 is 0 Å². The monoisotopic (exact) mass is 239 g/mol. The first-order valence-electron chi connectivity index (χ1n) is 3.84. The highest BCUT2D eigenvalue weighted by molar-refractivity contribution is 9.10. The van der Waals surface area contributed by atoms with E-state index in [2.05, 4.69) is 26.8 Å². The molecule has 0 bridgehead atoms. The van der Waals surface area contributed by atoms with Gasteiger partial charge in [-0.1, -0.05) is 5.92 Å². The van der Waals surface area contributed by atoms with E-state index in [0.29, 0.717) is 0 Å². The number of terminal acetylenes is 1. The third-order valence-electron chi connectivity index (χ3n) is 1.81. The molecule has 13 heavy (non-hydrogen) atoms. The molecule has 0 aliphatic rings. The molecule has 1 aromatic rings. The van der Waals surface area contributed by atoms with Gasteiger partial charge in [0.15, 0.2) is 0 Å². The van der Waals surface area contributed by atoms with Crippen molar-refractivity contribution >= 4 is 15.9 Å². The summed E-state index contributed by atoms with van der Waals surface area (Å²) < 4.78 is 6.05. The predicted molar refractivity (Wildman–Crippen MR) is 55.7 cm³/mol. The fourth-order valence-corrected chi connectivity index (χ4v) is 1.75. The van der Waals surface area contributed by atoms with Crippen molar-refractivity contribution in [2.45, 2.75) is 12.8 Å². The normalized spacial score (nSPS) is 11.8. The van der Waals surface area contributed by atoms with Gasteiger partial charge in [0, 0.05) is 22.2 Å². The molecule has 1 aromatic heterocycles. The summed E-state index contributed by atoms with van der Waals surface area (Å²) in [5, 5.41) is 0. The molecule has 0 aliphatic carbocycles. The summed E-state index contributed by atoms with van der Waals surface area (Å²) in [6, 6.07) is 0. The van der Waals surface area contributed by atoms with Crippen LogP contribution in [0.5, 0.6) is 5.75 Å². The highest BCUT2D eigenvalue weighted by atomic mass is 79.9. The molecule has 0 amide bonds. The van der Waals surface area contributed by atoms with Crippen molar-refractivity contribution in [3.05, 3.63) is 22.4 Å². The Hall–Kier alpha value is -1.01. The van der Waals surface area contributed by atoms with E-state index in [-0.39, 0.29) is 5.92 Å². The largest absolute Gasteiger partial charge is 0.495 e. The standard InChI is InChI=1S/C10H10BrNO/c1-4-7(2)10-8(11)5-12-6-9(10)13-3/h1,5-7H,2-3H3. The van der Waals surface area contributed by atoms with Crippen LogP contribution in [0.25, 0.3) is 0 Å². The highest BCUT2D eigenvalue weighted by Gasteiger charge is 2.12.